The number of esters is 4. The Labute approximate surface area is 244 Å². The third-order valence-corrected chi connectivity index (χ3v) is 6.20. The molecule has 0 spiro atoms. The molecule has 1 saturated heterocycles. The lowest BCUT2D eigenvalue weighted by atomic mass is 9.97. The number of hydrogen-bond acceptors (Lipinski definition) is 14. The summed E-state index contributed by atoms with van der Waals surface area (Å²) in [7, 11) is 1.53. The van der Waals surface area contributed by atoms with Crippen molar-refractivity contribution in [1.82, 2.24) is 14.5 Å². The van der Waals surface area contributed by atoms with Gasteiger partial charge in [0, 0.05) is 27.7 Å². The van der Waals surface area contributed by atoms with Gasteiger partial charge in [-0.05, 0) is 36.0 Å². The zero-order valence-corrected chi connectivity index (χ0v) is 24.2. The number of methoxy groups -OCH3 is 1. The molecule has 42 heavy (non-hydrogen) atoms. The molecule has 0 bridgehead atoms. The molecule has 1 fully saturated rings. The van der Waals surface area contributed by atoms with Crippen LogP contribution in [0.15, 0.2) is 29.1 Å². The fourth-order valence-electron chi connectivity index (χ4n) is 4.09. The van der Waals surface area contributed by atoms with Crippen molar-refractivity contribution in [1.29, 1.82) is 0 Å². The molecule has 2 N–H and O–H groups in total. The van der Waals surface area contributed by atoms with Crippen LogP contribution < -0.4 is 16.1 Å². The van der Waals surface area contributed by atoms with Crippen LogP contribution in [0.3, 0.4) is 0 Å². The molecule has 2 heterocycles. The van der Waals surface area contributed by atoms with Gasteiger partial charge in [-0.25, -0.2) is 4.68 Å². The Balaban J connectivity index is 2.17. The van der Waals surface area contributed by atoms with Gasteiger partial charge in [-0.2, -0.15) is 9.77 Å². The quantitative estimate of drug-likeness (QED) is 0.183. The lowest BCUT2D eigenvalue weighted by Crippen LogP contribution is -2.61. The number of ether oxygens (including phenoxy) is 6. The summed E-state index contributed by atoms with van der Waals surface area (Å²) in [6, 6.07) is 6.92. The summed E-state index contributed by atoms with van der Waals surface area (Å²) < 4.78 is 33.8. The summed E-state index contributed by atoms with van der Waals surface area (Å²) in [5.41, 5.74) is -0.247. The van der Waals surface area contributed by atoms with E-state index in [0.717, 1.165) is 32.4 Å². The average molecular weight is 607 g/mol. The highest BCUT2D eigenvalue weighted by Crippen LogP contribution is 2.34. The van der Waals surface area contributed by atoms with E-state index in [0.29, 0.717) is 16.0 Å². The smallest absolute Gasteiger partial charge is 0.303 e. The summed E-state index contributed by atoms with van der Waals surface area (Å²) in [5.74, 6) is 3.51. The predicted molar refractivity (Wildman–Crippen MR) is 147 cm³/mol. The maximum Gasteiger partial charge on any atom is 0.303 e. The minimum absolute atomic E-state index is 0.185. The Morgan fingerprint density at radius 3 is 2.05 bits per heavy atom. The van der Waals surface area contributed by atoms with Crippen molar-refractivity contribution in [2.75, 3.05) is 19.6 Å². The lowest BCUT2D eigenvalue weighted by molar-refractivity contribution is -0.271. The molecule has 1 aliphatic rings. The molecule has 1 aromatic carbocycles. The molecular formula is C26H30N4O11S. The lowest BCUT2D eigenvalue weighted by Gasteiger charge is -2.44. The predicted octanol–water partition coefficient (Wildman–Crippen LogP) is 0.923. The van der Waals surface area contributed by atoms with Crippen molar-refractivity contribution >= 4 is 48.2 Å². The first-order chi connectivity index (χ1) is 19.8. The molecule has 0 saturated carbocycles. The highest BCUT2D eigenvalue weighted by atomic mass is 32.1. The van der Waals surface area contributed by atoms with Crippen molar-refractivity contribution in [2.45, 2.75) is 58.3 Å². The van der Waals surface area contributed by atoms with E-state index < -0.39 is 66.7 Å². The van der Waals surface area contributed by atoms with Crippen molar-refractivity contribution < 1.29 is 47.6 Å². The molecule has 1 aromatic heterocycles. The van der Waals surface area contributed by atoms with E-state index in [9.17, 15) is 24.0 Å². The Kier molecular flexibility index (Phi) is 10.5. The number of nitrogens with two attached hydrogens (primary N) is 1. The Hall–Kier alpha value is -4.57. The third kappa shape index (κ3) is 7.79. The Morgan fingerprint density at radius 1 is 0.929 bits per heavy atom. The molecule has 0 aliphatic carbocycles. The number of rotatable bonds is 9. The first-order valence-corrected chi connectivity index (χ1v) is 12.9. The number of nitrogens with zero attached hydrogens (tertiary/aromatic N) is 3. The van der Waals surface area contributed by atoms with Crippen LogP contribution in [0.25, 0.3) is 12.2 Å². The fraction of sp³-hybridized carbons (Fsp3) is 0.423. The summed E-state index contributed by atoms with van der Waals surface area (Å²) in [4.78, 5) is 60.8. The molecule has 226 valence electrons. The van der Waals surface area contributed by atoms with E-state index in [1.165, 1.54) is 13.2 Å². The standard InChI is InChI=1S/C26H30N4O11S/c1-13(31)37-12-20-21(38-14(2)32)22(39-15(3)33)23(40-16(4)34)25(41-20)30-26(42)29(27)24(35)19(28-30)11-8-17-6-9-18(36-5)10-7-17/h6-11,20-23,25H,12,27H2,1-5H3/b11-8+/t20-,21+,22+,23-,25-/m1/s1. The van der Waals surface area contributed by atoms with Crippen LogP contribution in [0.4, 0.5) is 0 Å². The van der Waals surface area contributed by atoms with Crippen LogP contribution in [0.2, 0.25) is 0 Å². The van der Waals surface area contributed by atoms with Crippen LogP contribution in [0, 0.1) is 4.77 Å². The van der Waals surface area contributed by atoms with E-state index in [1.54, 1.807) is 30.3 Å². The minimum Gasteiger partial charge on any atom is -0.497 e. The molecule has 1 aliphatic heterocycles. The van der Waals surface area contributed by atoms with Gasteiger partial charge in [0.2, 0.25) is 4.77 Å². The van der Waals surface area contributed by atoms with Gasteiger partial charge in [0.05, 0.1) is 7.11 Å². The number of aromatic nitrogens is 3. The fourth-order valence-corrected chi connectivity index (χ4v) is 4.31. The normalized spacial score (nSPS) is 21.8. The van der Waals surface area contributed by atoms with Crippen molar-refractivity contribution in [3.05, 3.63) is 50.6 Å². The monoisotopic (exact) mass is 606 g/mol. The van der Waals surface area contributed by atoms with Crippen LogP contribution in [0.1, 0.15) is 45.2 Å². The second kappa shape index (κ2) is 13.9. The molecule has 3 rings (SSSR count). The molecule has 2 aromatic rings. The number of carbonyl (C=O) groups excluding carboxylic acids is 4. The second-order valence-electron chi connectivity index (χ2n) is 8.98. The molecule has 0 radical (unpaired) electrons. The van der Waals surface area contributed by atoms with Crippen molar-refractivity contribution in [3.63, 3.8) is 0 Å². The SMILES string of the molecule is COc1ccc(/C=C/c2nn([C@@H]3O[C@H](COC(C)=O)[C@H](OC(C)=O)[C@H](OC(C)=O)[C@H]3OC(C)=O)c(=S)n(N)c2=O)cc1. The zero-order chi connectivity index (χ0) is 31.1. The highest BCUT2D eigenvalue weighted by Gasteiger charge is 2.53. The number of benzene rings is 1. The molecule has 0 amide bonds. The zero-order valence-electron chi connectivity index (χ0n) is 23.4. The highest BCUT2D eigenvalue weighted by molar-refractivity contribution is 7.71. The largest absolute Gasteiger partial charge is 0.497 e. The van der Waals surface area contributed by atoms with Gasteiger partial charge in [0.25, 0.3) is 5.56 Å². The summed E-state index contributed by atoms with van der Waals surface area (Å²) in [5, 5.41) is 4.31. The number of nitrogen functional groups attached to an aromatic ring is 1. The van der Waals surface area contributed by atoms with Crippen LogP contribution in [-0.4, -0.2) is 76.5 Å². The summed E-state index contributed by atoms with van der Waals surface area (Å²) in [6.45, 7) is 3.97. The molecular weight excluding hydrogens is 576 g/mol. The van der Waals surface area contributed by atoms with E-state index in [1.807, 2.05) is 0 Å². The Bertz CT molecular complexity index is 1480. The second-order valence-corrected chi connectivity index (χ2v) is 9.35. The molecule has 0 unspecified atom stereocenters. The van der Waals surface area contributed by atoms with E-state index in [2.05, 4.69) is 5.10 Å². The van der Waals surface area contributed by atoms with E-state index >= 15 is 0 Å². The van der Waals surface area contributed by atoms with Crippen molar-refractivity contribution in [3.8, 4) is 5.75 Å². The summed E-state index contributed by atoms with van der Waals surface area (Å²) >= 11 is 5.37. The van der Waals surface area contributed by atoms with Crippen LogP contribution in [-0.2, 0) is 42.9 Å². The maximum absolute atomic E-state index is 12.9. The topological polar surface area (TPSA) is 190 Å². The maximum atomic E-state index is 12.9. The van der Waals surface area contributed by atoms with Gasteiger partial charge in [-0.1, -0.05) is 18.2 Å². The molecule has 15 nitrogen and oxygen atoms in total. The molecule has 16 heteroatoms. The summed E-state index contributed by atoms with van der Waals surface area (Å²) in [6.07, 6.45) is -4.18. The van der Waals surface area contributed by atoms with Gasteiger partial charge in [0.1, 0.15) is 18.5 Å². The number of carbonyl (C=O) groups is 4. The first-order valence-electron chi connectivity index (χ1n) is 12.5. The number of hydrogen-bond donors (Lipinski definition) is 1. The van der Waals surface area contributed by atoms with Crippen molar-refractivity contribution in [2.24, 2.45) is 0 Å². The van der Waals surface area contributed by atoms with Gasteiger partial charge < -0.3 is 34.3 Å². The third-order valence-electron chi connectivity index (χ3n) is 5.81. The van der Waals surface area contributed by atoms with Gasteiger partial charge >= 0.3 is 23.9 Å². The van der Waals surface area contributed by atoms with Gasteiger partial charge in [-0.15, -0.1) is 0 Å². The van der Waals surface area contributed by atoms with E-state index in [-0.39, 0.29) is 10.5 Å². The minimum atomic E-state index is -1.51. The van der Waals surface area contributed by atoms with Crippen LogP contribution in [0.5, 0.6) is 5.75 Å². The first kappa shape index (κ1) is 32.0. The van der Waals surface area contributed by atoms with Gasteiger partial charge in [0.15, 0.2) is 30.2 Å². The van der Waals surface area contributed by atoms with E-state index in [4.69, 9.17) is 46.5 Å². The van der Waals surface area contributed by atoms with Crippen LogP contribution >= 0.6 is 12.2 Å². The molecule has 5 atom stereocenters. The van der Waals surface area contributed by atoms with Gasteiger partial charge in [-0.3, -0.25) is 24.0 Å². The average Bonchev–Trinajstić information content (AvgIpc) is 2.92. The Morgan fingerprint density at radius 2 is 1.50 bits per heavy atom.